The van der Waals surface area contributed by atoms with Gasteiger partial charge in [0.05, 0.1) is 19.0 Å². The average Bonchev–Trinajstić information content (AvgIpc) is 3.35. The fourth-order valence-electron chi connectivity index (χ4n) is 3.17. The molecule has 1 atom stereocenters. The van der Waals surface area contributed by atoms with Crippen LogP contribution in [0.2, 0.25) is 0 Å². The second-order valence-electron chi connectivity index (χ2n) is 7.31. The maximum absolute atomic E-state index is 5.90. The lowest BCUT2D eigenvalue weighted by atomic mass is 10.2. The smallest absolute Gasteiger partial charge is 0.216 e. The fraction of sp³-hybridized carbons (Fsp3) is 0.632. The van der Waals surface area contributed by atoms with E-state index in [2.05, 4.69) is 49.6 Å². The Labute approximate surface area is 189 Å². The molecule has 0 saturated carbocycles. The highest BCUT2D eigenvalue weighted by Crippen LogP contribution is 2.14. The van der Waals surface area contributed by atoms with Crippen LogP contribution in [-0.4, -0.2) is 71.5 Å². The Morgan fingerprint density at radius 2 is 2.28 bits per heavy atom. The van der Waals surface area contributed by atoms with Gasteiger partial charge >= 0.3 is 0 Å². The minimum absolute atomic E-state index is 0. The van der Waals surface area contributed by atoms with E-state index in [0.29, 0.717) is 36.4 Å². The van der Waals surface area contributed by atoms with Gasteiger partial charge in [-0.15, -0.1) is 29.1 Å². The summed E-state index contributed by atoms with van der Waals surface area (Å²) < 4.78 is 11.2. The van der Waals surface area contributed by atoms with Crippen LogP contribution in [0.1, 0.15) is 26.6 Å². The first-order valence-electron chi connectivity index (χ1n) is 9.95. The van der Waals surface area contributed by atoms with Crippen molar-refractivity contribution in [2.45, 2.75) is 33.4 Å². The molecule has 1 aliphatic heterocycles. The predicted molar refractivity (Wildman–Crippen MR) is 123 cm³/mol. The Kier molecular flexibility index (Phi) is 9.88. The average molecular weight is 517 g/mol. The number of furan rings is 1. The van der Waals surface area contributed by atoms with Crippen molar-refractivity contribution >= 4 is 29.9 Å². The molecule has 2 aromatic rings. The van der Waals surface area contributed by atoms with Crippen LogP contribution in [0.5, 0.6) is 0 Å². The van der Waals surface area contributed by atoms with E-state index >= 15 is 0 Å². The van der Waals surface area contributed by atoms with Crippen LogP contribution in [0, 0.1) is 5.92 Å². The minimum Gasteiger partial charge on any atom is -0.461 e. The molecule has 3 rings (SSSR count). The van der Waals surface area contributed by atoms with Gasteiger partial charge in [0, 0.05) is 32.7 Å². The van der Waals surface area contributed by atoms with Gasteiger partial charge in [0.2, 0.25) is 5.82 Å². The van der Waals surface area contributed by atoms with Gasteiger partial charge in [0.1, 0.15) is 12.4 Å². The van der Waals surface area contributed by atoms with E-state index in [-0.39, 0.29) is 30.1 Å². The van der Waals surface area contributed by atoms with Crippen LogP contribution in [0.15, 0.2) is 27.8 Å². The molecule has 2 aromatic heterocycles. The third-order valence-electron chi connectivity index (χ3n) is 4.35. The van der Waals surface area contributed by atoms with Crippen molar-refractivity contribution in [1.29, 1.82) is 0 Å². The molecule has 0 amide bonds. The van der Waals surface area contributed by atoms with Crippen LogP contribution in [0.4, 0.5) is 0 Å². The Balaban J connectivity index is 0.00000300. The molecule has 0 aliphatic carbocycles. The third kappa shape index (κ3) is 7.59. The molecule has 9 nitrogen and oxygen atoms in total. The number of rotatable bonds is 8. The lowest BCUT2D eigenvalue weighted by molar-refractivity contribution is -0.0284. The van der Waals surface area contributed by atoms with Crippen molar-refractivity contribution < 1.29 is 9.15 Å². The van der Waals surface area contributed by atoms with Crippen molar-refractivity contribution in [1.82, 2.24) is 30.7 Å². The summed E-state index contributed by atoms with van der Waals surface area (Å²) in [5.74, 6) is 3.26. The molecule has 29 heavy (non-hydrogen) atoms. The van der Waals surface area contributed by atoms with E-state index in [0.717, 1.165) is 38.7 Å². The molecule has 0 radical (unpaired) electrons. The highest BCUT2D eigenvalue weighted by atomic mass is 127. The van der Waals surface area contributed by atoms with Crippen molar-refractivity contribution in [2.75, 3.05) is 39.3 Å². The number of aliphatic imine (C=N–C) groups is 1. The number of aromatic amines is 1. The zero-order valence-electron chi connectivity index (χ0n) is 17.4. The monoisotopic (exact) mass is 517 g/mol. The van der Waals surface area contributed by atoms with E-state index in [9.17, 15) is 0 Å². The molecule has 1 saturated heterocycles. The first-order chi connectivity index (χ1) is 13.6. The van der Waals surface area contributed by atoms with Gasteiger partial charge in [-0.3, -0.25) is 10.00 Å². The number of guanidine groups is 1. The second kappa shape index (κ2) is 12.1. The summed E-state index contributed by atoms with van der Waals surface area (Å²) >= 11 is 0. The van der Waals surface area contributed by atoms with Gasteiger partial charge in [0.25, 0.3) is 0 Å². The number of aromatic nitrogens is 3. The van der Waals surface area contributed by atoms with Crippen molar-refractivity contribution in [2.24, 2.45) is 10.9 Å². The minimum atomic E-state index is 0. The van der Waals surface area contributed by atoms with Crippen LogP contribution in [0.25, 0.3) is 11.6 Å². The number of H-pyrrole nitrogens is 1. The maximum atomic E-state index is 5.90. The van der Waals surface area contributed by atoms with Crippen LogP contribution >= 0.6 is 24.0 Å². The van der Waals surface area contributed by atoms with Crippen molar-refractivity contribution in [3.8, 4) is 11.6 Å². The highest BCUT2D eigenvalue weighted by molar-refractivity contribution is 14.0. The molecule has 3 N–H and O–H groups in total. The largest absolute Gasteiger partial charge is 0.461 e. The molecule has 1 aliphatic rings. The number of nitrogens with zero attached hydrogens (tertiary/aromatic N) is 4. The lowest BCUT2D eigenvalue weighted by Gasteiger charge is -2.34. The summed E-state index contributed by atoms with van der Waals surface area (Å²) in [7, 11) is 0. The molecule has 3 heterocycles. The summed E-state index contributed by atoms with van der Waals surface area (Å²) in [5.41, 5.74) is 0. The quantitative estimate of drug-likeness (QED) is 0.280. The molecular weight excluding hydrogens is 485 g/mol. The van der Waals surface area contributed by atoms with E-state index in [1.165, 1.54) is 0 Å². The maximum Gasteiger partial charge on any atom is 0.216 e. The van der Waals surface area contributed by atoms with E-state index in [1.807, 2.05) is 19.1 Å². The summed E-state index contributed by atoms with van der Waals surface area (Å²) in [6.07, 6.45) is 1.76. The van der Waals surface area contributed by atoms with Gasteiger partial charge in [-0.25, -0.2) is 9.98 Å². The number of halogens is 1. The number of nitrogens with one attached hydrogen (secondary N) is 3. The van der Waals surface area contributed by atoms with Crippen LogP contribution in [-0.2, 0) is 11.3 Å². The van der Waals surface area contributed by atoms with E-state index in [1.54, 1.807) is 6.26 Å². The van der Waals surface area contributed by atoms with Gasteiger partial charge in [0.15, 0.2) is 11.7 Å². The van der Waals surface area contributed by atoms with Gasteiger partial charge in [-0.2, -0.15) is 0 Å². The van der Waals surface area contributed by atoms with E-state index < -0.39 is 0 Å². The summed E-state index contributed by atoms with van der Waals surface area (Å²) in [6.45, 7) is 12.3. The Morgan fingerprint density at radius 1 is 1.41 bits per heavy atom. The van der Waals surface area contributed by atoms with Gasteiger partial charge in [-0.05, 0) is 25.0 Å². The Bertz CT molecular complexity index is 733. The highest BCUT2D eigenvalue weighted by Gasteiger charge is 2.21. The molecule has 10 heteroatoms. The predicted octanol–water partition coefficient (Wildman–Crippen LogP) is 2.09. The second-order valence-corrected chi connectivity index (χ2v) is 7.31. The third-order valence-corrected chi connectivity index (χ3v) is 4.35. The van der Waals surface area contributed by atoms with Gasteiger partial charge < -0.3 is 19.8 Å². The summed E-state index contributed by atoms with van der Waals surface area (Å²) in [5, 5.41) is 13.7. The molecule has 1 unspecified atom stereocenters. The number of hydrogen-bond donors (Lipinski definition) is 3. The summed E-state index contributed by atoms with van der Waals surface area (Å²) in [4.78, 5) is 11.5. The van der Waals surface area contributed by atoms with Crippen molar-refractivity contribution in [3.63, 3.8) is 0 Å². The topological polar surface area (TPSA) is 104 Å². The SMILES string of the molecule is CCNC(=NCc1nc(-c2ccco2)n[nH]1)NCC1CN(CC(C)C)CCO1.I. The molecule has 162 valence electrons. The molecule has 1 fully saturated rings. The lowest BCUT2D eigenvalue weighted by Crippen LogP contribution is -2.50. The first kappa shape index (κ1) is 23.6. The number of hydrogen-bond acceptors (Lipinski definition) is 6. The van der Waals surface area contributed by atoms with Crippen molar-refractivity contribution in [3.05, 3.63) is 24.2 Å². The Morgan fingerprint density at radius 3 is 3.00 bits per heavy atom. The number of morpholine rings is 1. The Hall–Kier alpha value is -1.66. The zero-order valence-corrected chi connectivity index (χ0v) is 19.7. The number of ether oxygens (including phenoxy) is 1. The van der Waals surface area contributed by atoms with Gasteiger partial charge in [-0.1, -0.05) is 13.8 Å². The van der Waals surface area contributed by atoms with Crippen LogP contribution in [0.3, 0.4) is 0 Å². The zero-order chi connectivity index (χ0) is 19.8. The molecular formula is C19H32IN7O2. The molecule has 0 bridgehead atoms. The van der Waals surface area contributed by atoms with Crippen LogP contribution < -0.4 is 10.6 Å². The summed E-state index contributed by atoms with van der Waals surface area (Å²) in [6, 6.07) is 3.64. The first-order valence-corrected chi connectivity index (χ1v) is 9.95. The normalized spacial score (nSPS) is 17.9. The fourth-order valence-corrected chi connectivity index (χ4v) is 3.17. The molecule has 0 aromatic carbocycles. The molecule has 0 spiro atoms. The van der Waals surface area contributed by atoms with E-state index in [4.69, 9.17) is 9.15 Å². The standard InChI is InChI=1S/C19H31N7O2.HI/c1-4-20-19(21-10-15-13-26(7-9-27-15)12-14(2)3)22-11-17-23-18(25-24-17)16-6-5-8-28-16;/h5-6,8,14-15H,4,7,9-13H2,1-3H3,(H2,20,21,22)(H,23,24,25);1H.